The Kier molecular flexibility index (Phi) is 6.68. The molecule has 2 heterocycles. The van der Waals surface area contributed by atoms with Crippen molar-refractivity contribution in [2.45, 2.75) is 33.2 Å². The smallest absolute Gasteiger partial charge is 0.266 e. The number of H-pyrrole nitrogens is 1. The first-order valence-electron chi connectivity index (χ1n) is 10.0. The van der Waals surface area contributed by atoms with Gasteiger partial charge in [0.1, 0.15) is 0 Å². The number of nitrogens with zero attached hydrogens (tertiary/aromatic N) is 3. The molecule has 0 radical (unpaired) electrons. The molecule has 2 N–H and O–H groups in total. The van der Waals surface area contributed by atoms with Crippen LogP contribution in [0.15, 0.2) is 41.3 Å². The number of hydrogen-bond acceptors (Lipinski definition) is 5. The van der Waals surface area contributed by atoms with Crippen LogP contribution in [0.1, 0.15) is 32.3 Å². The topological polar surface area (TPSA) is 81.3 Å². The Morgan fingerprint density at radius 2 is 2.04 bits per heavy atom. The van der Waals surface area contributed by atoms with E-state index in [2.05, 4.69) is 63.4 Å². The number of hydrogen-bond donors (Lipinski definition) is 2. The molecule has 1 aromatic carbocycles. The highest BCUT2D eigenvalue weighted by molar-refractivity contribution is 5.79. The lowest BCUT2D eigenvalue weighted by molar-refractivity contribution is -0.125. The number of nitrogens with one attached hydrogen (secondary N) is 2. The van der Waals surface area contributed by atoms with Crippen LogP contribution in [0.3, 0.4) is 0 Å². The summed E-state index contributed by atoms with van der Waals surface area (Å²) in [5.74, 6) is -0.0155. The number of anilines is 2. The van der Waals surface area contributed by atoms with Crippen LogP contribution < -0.4 is 20.7 Å². The van der Waals surface area contributed by atoms with Gasteiger partial charge in [0.25, 0.3) is 5.56 Å². The van der Waals surface area contributed by atoms with E-state index in [1.165, 1.54) is 11.8 Å². The maximum atomic E-state index is 12.7. The van der Waals surface area contributed by atoms with Gasteiger partial charge in [0.2, 0.25) is 5.91 Å². The number of rotatable bonds is 7. The van der Waals surface area contributed by atoms with Crippen molar-refractivity contribution in [2.75, 3.05) is 36.0 Å². The summed E-state index contributed by atoms with van der Waals surface area (Å²) >= 11 is 0. The Hall–Kier alpha value is -2.83. The maximum absolute atomic E-state index is 12.7. The van der Waals surface area contributed by atoms with Gasteiger partial charge in [-0.05, 0) is 44.4 Å². The van der Waals surface area contributed by atoms with Gasteiger partial charge >= 0.3 is 0 Å². The van der Waals surface area contributed by atoms with Crippen LogP contribution >= 0.6 is 0 Å². The molecule has 1 aliphatic heterocycles. The van der Waals surface area contributed by atoms with E-state index in [0.29, 0.717) is 13.1 Å². The van der Waals surface area contributed by atoms with E-state index in [4.69, 9.17) is 0 Å². The molecule has 0 unspecified atom stereocenters. The first kappa shape index (κ1) is 19.9. The van der Waals surface area contributed by atoms with Crippen LogP contribution in [-0.4, -0.2) is 42.3 Å². The molecule has 1 amide bonds. The van der Waals surface area contributed by atoms with Gasteiger partial charge < -0.3 is 15.1 Å². The fraction of sp³-hybridized carbons (Fsp3) is 0.476. The summed E-state index contributed by atoms with van der Waals surface area (Å²) in [6.07, 6.45) is 3.42. The Labute approximate surface area is 165 Å². The molecule has 28 heavy (non-hydrogen) atoms. The molecule has 3 rings (SSSR count). The Morgan fingerprint density at radius 1 is 1.29 bits per heavy atom. The summed E-state index contributed by atoms with van der Waals surface area (Å²) < 4.78 is 0. The molecule has 7 heteroatoms. The molecule has 0 spiro atoms. The van der Waals surface area contributed by atoms with Crippen LogP contribution in [0, 0.1) is 5.92 Å². The Balaban J connectivity index is 1.55. The SMILES string of the molecule is CCN(CC)c1ccc(CNC(=O)[C@H]2CCCN(c3cn[nH]c(=O)c3)C2)cc1. The van der Waals surface area contributed by atoms with Crippen LogP contribution in [0.2, 0.25) is 0 Å². The highest BCUT2D eigenvalue weighted by Crippen LogP contribution is 2.22. The zero-order valence-corrected chi connectivity index (χ0v) is 16.6. The van der Waals surface area contributed by atoms with Crippen molar-refractivity contribution < 1.29 is 4.79 Å². The fourth-order valence-electron chi connectivity index (χ4n) is 3.71. The average molecular weight is 383 g/mol. The minimum atomic E-state index is -0.225. The Bertz CT molecular complexity index is 829. The second-order valence-corrected chi connectivity index (χ2v) is 7.15. The molecular weight excluding hydrogens is 354 g/mol. The summed E-state index contributed by atoms with van der Waals surface area (Å²) in [5.41, 5.74) is 2.84. The summed E-state index contributed by atoms with van der Waals surface area (Å²) in [7, 11) is 0. The van der Waals surface area contributed by atoms with E-state index in [0.717, 1.165) is 43.7 Å². The zero-order valence-electron chi connectivity index (χ0n) is 16.6. The molecule has 0 bridgehead atoms. The summed E-state index contributed by atoms with van der Waals surface area (Å²) in [6.45, 7) is 8.22. The maximum Gasteiger partial charge on any atom is 0.266 e. The Morgan fingerprint density at radius 3 is 2.71 bits per heavy atom. The molecule has 150 valence electrons. The van der Waals surface area contributed by atoms with Gasteiger partial charge in [-0.1, -0.05) is 12.1 Å². The van der Waals surface area contributed by atoms with E-state index in [-0.39, 0.29) is 17.4 Å². The molecule has 0 aliphatic carbocycles. The first-order valence-corrected chi connectivity index (χ1v) is 10.0. The van der Waals surface area contributed by atoms with Crippen molar-refractivity contribution in [1.82, 2.24) is 15.5 Å². The van der Waals surface area contributed by atoms with Crippen LogP contribution in [0.4, 0.5) is 11.4 Å². The van der Waals surface area contributed by atoms with Crippen molar-refractivity contribution in [1.29, 1.82) is 0 Å². The largest absolute Gasteiger partial charge is 0.372 e. The highest BCUT2D eigenvalue weighted by atomic mass is 16.2. The lowest BCUT2D eigenvalue weighted by Crippen LogP contribution is -2.43. The van der Waals surface area contributed by atoms with Crippen molar-refractivity contribution >= 4 is 17.3 Å². The van der Waals surface area contributed by atoms with E-state index in [9.17, 15) is 9.59 Å². The van der Waals surface area contributed by atoms with Crippen LogP contribution in [0.25, 0.3) is 0 Å². The lowest BCUT2D eigenvalue weighted by Gasteiger charge is -2.33. The standard InChI is InChI=1S/C21H29N5O2/c1-3-25(4-2)18-9-7-16(8-10-18)13-22-21(28)17-6-5-11-26(15-17)19-12-20(27)24-23-14-19/h7-10,12,14,17H,3-6,11,13,15H2,1-2H3,(H,22,28)(H,24,27)/t17-/m0/s1. The zero-order chi connectivity index (χ0) is 19.9. The molecule has 1 aromatic heterocycles. The van der Waals surface area contributed by atoms with Gasteiger partial charge in [0.15, 0.2) is 0 Å². The third-order valence-electron chi connectivity index (χ3n) is 5.34. The van der Waals surface area contributed by atoms with Gasteiger partial charge in [-0.15, -0.1) is 0 Å². The quantitative estimate of drug-likeness (QED) is 0.766. The van der Waals surface area contributed by atoms with Crippen LogP contribution in [-0.2, 0) is 11.3 Å². The van der Waals surface area contributed by atoms with Crippen molar-refractivity contribution in [3.63, 3.8) is 0 Å². The van der Waals surface area contributed by atoms with Gasteiger partial charge in [-0.3, -0.25) is 9.59 Å². The number of carbonyl (C=O) groups excluding carboxylic acids is 1. The van der Waals surface area contributed by atoms with Crippen molar-refractivity contribution in [3.05, 3.63) is 52.4 Å². The second-order valence-electron chi connectivity index (χ2n) is 7.15. The van der Waals surface area contributed by atoms with Crippen LogP contribution in [0.5, 0.6) is 0 Å². The third-order valence-corrected chi connectivity index (χ3v) is 5.34. The summed E-state index contributed by atoms with van der Waals surface area (Å²) in [6, 6.07) is 9.89. The number of aromatic nitrogens is 2. The fourth-order valence-corrected chi connectivity index (χ4v) is 3.71. The monoisotopic (exact) mass is 383 g/mol. The molecule has 1 atom stereocenters. The van der Waals surface area contributed by atoms with Gasteiger partial charge in [0.05, 0.1) is 17.8 Å². The number of piperidine rings is 1. The van der Waals surface area contributed by atoms with E-state index < -0.39 is 0 Å². The molecular formula is C21H29N5O2. The average Bonchev–Trinajstić information content (AvgIpc) is 2.74. The number of benzene rings is 1. The van der Waals surface area contributed by atoms with E-state index in [1.54, 1.807) is 6.20 Å². The molecule has 0 saturated carbocycles. The molecule has 1 aliphatic rings. The number of carbonyl (C=O) groups is 1. The van der Waals surface area contributed by atoms with Gasteiger partial charge in [-0.2, -0.15) is 5.10 Å². The molecule has 1 saturated heterocycles. The number of aromatic amines is 1. The normalized spacial score (nSPS) is 16.6. The summed E-state index contributed by atoms with van der Waals surface area (Å²) in [5, 5.41) is 9.31. The van der Waals surface area contributed by atoms with Gasteiger partial charge in [0, 0.05) is 44.5 Å². The second kappa shape index (κ2) is 9.39. The molecule has 1 fully saturated rings. The molecule has 7 nitrogen and oxygen atoms in total. The summed E-state index contributed by atoms with van der Waals surface area (Å²) in [4.78, 5) is 28.5. The van der Waals surface area contributed by atoms with E-state index >= 15 is 0 Å². The minimum absolute atomic E-state index is 0.0651. The minimum Gasteiger partial charge on any atom is -0.372 e. The third kappa shape index (κ3) is 4.91. The van der Waals surface area contributed by atoms with Gasteiger partial charge in [-0.25, -0.2) is 5.10 Å². The molecule has 2 aromatic rings. The highest BCUT2D eigenvalue weighted by Gasteiger charge is 2.26. The van der Waals surface area contributed by atoms with Crippen molar-refractivity contribution in [3.8, 4) is 0 Å². The predicted octanol–water partition coefficient (Wildman–Crippen LogP) is 2.15. The first-order chi connectivity index (χ1) is 13.6. The van der Waals surface area contributed by atoms with E-state index in [1.807, 2.05) is 0 Å². The number of amides is 1. The predicted molar refractivity (Wildman–Crippen MR) is 112 cm³/mol. The lowest BCUT2D eigenvalue weighted by atomic mass is 9.96. The van der Waals surface area contributed by atoms with Crippen molar-refractivity contribution in [2.24, 2.45) is 5.92 Å².